The molecule has 0 spiro atoms. The van der Waals surface area contributed by atoms with Crippen molar-refractivity contribution in [3.05, 3.63) is 77.2 Å². The quantitative estimate of drug-likeness (QED) is 0.466. The van der Waals surface area contributed by atoms with Crippen LogP contribution in [0, 0.1) is 6.92 Å². The van der Waals surface area contributed by atoms with Crippen molar-refractivity contribution in [3.63, 3.8) is 0 Å². The number of nitrogens with zero attached hydrogens (tertiary/aromatic N) is 3. The van der Waals surface area contributed by atoms with Gasteiger partial charge >= 0.3 is 0 Å². The van der Waals surface area contributed by atoms with Crippen LogP contribution in [0.2, 0.25) is 0 Å². The van der Waals surface area contributed by atoms with E-state index in [0.717, 1.165) is 27.7 Å². The number of Topliss-reactive ketones (excluding diaryl/α,β-unsaturated/α-hetero) is 1. The van der Waals surface area contributed by atoms with E-state index in [9.17, 15) is 4.79 Å². The number of hydrogen-bond acceptors (Lipinski definition) is 5. The smallest absolute Gasteiger partial charge is 0.193 e. The number of para-hydroxylation sites is 1. The molecule has 0 atom stereocenters. The number of ether oxygens (including phenoxy) is 1. The molecule has 4 rings (SSSR count). The highest BCUT2D eigenvalue weighted by atomic mass is 32.1. The maximum absolute atomic E-state index is 12.4. The van der Waals surface area contributed by atoms with E-state index in [1.54, 1.807) is 10.7 Å². The van der Waals surface area contributed by atoms with Gasteiger partial charge < -0.3 is 4.74 Å². The summed E-state index contributed by atoms with van der Waals surface area (Å²) >= 11 is 1.38. The van der Waals surface area contributed by atoms with Gasteiger partial charge in [0.15, 0.2) is 10.8 Å². The first kappa shape index (κ1) is 16.5. The zero-order valence-electron chi connectivity index (χ0n) is 14.3. The number of aryl methyl sites for hydroxylation is 2. The second kappa shape index (κ2) is 7.09. The van der Waals surface area contributed by atoms with Crippen molar-refractivity contribution in [2.24, 2.45) is 0 Å². The molecule has 2 aromatic heterocycles. The molecule has 0 radical (unpaired) electrons. The Balaban J connectivity index is 1.37. The Bertz CT molecular complexity index is 1040. The molecule has 4 aromatic rings. The molecule has 0 bridgehead atoms. The van der Waals surface area contributed by atoms with Gasteiger partial charge in [0.1, 0.15) is 22.2 Å². The van der Waals surface area contributed by atoms with E-state index in [1.807, 2.05) is 61.5 Å². The number of carbonyl (C=O) groups excluding carboxylic acids is 1. The molecule has 0 unspecified atom stereocenters. The van der Waals surface area contributed by atoms with Crippen molar-refractivity contribution in [1.29, 1.82) is 0 Å². The lowest BCUT2D eigenvalue weighted by Gasteiger charge is -2.06. The van der Waals surface area contributed by atoms with Crippen LogP contribution in [0.5, 0.6) is 11.5 Å². The Labute approximate surface area is 154 Å². The summed E-state index contributed by atoms with van der Waals surface area (Å²) in [6, 6.07) is 17.5. The molecule has 0 aliphatic heterocycles. The fraction of sp³-hybridized carbons (Fsp3) is 0.150. The highest BCUT2D eigenvalue weighted by Gasteiger charge is 2.14. The number of aromatic nitrogens is 3. The van der Waals surface area contributed by atoms with Crippen molar-refractivity contribution in [2.75, 3.05) is 0 Å². The first-order valence-electron chi connectivity index (χ1n) is 8.35. The van der Waals surface area contributed by atoms with Crippen LogP contribution in [0.1, 0.15) is 27.6 Å². The predicted molar refractivity (Wildman–Crippen MR) is 101 cm³/mol. The third kappa shape index (κ3) is 3.50. The Hall–Kier alpha value is -2.99. The van der Waals surface area contributed by atoms with E-state index in [-0.39, 0.29) is 5.78 Å². The first-order valence-corrected chi connectivity index (χ1v) is 9.17. The summed E-state index contributed by atoms with van der Waals surface area (Å²) in [5, 5.41) is 4.89. The lowest BCUT2D eigenvalue weighted by molar-refractivity contribution is 0.0981. The number of hydrogen-bond donors (Lipinski definition) is 0. The van der Waals surface area contributed by atoms with Crippen LogP contribution in [0.4, 0.5) is 0 Å². The molecule has 0 fully saturated rings. The van der Waals surface area contributed by atoms with Crippen molar-refractivity contribution in [1.82, 2.24) is 14.6 Å². The molecular formula is C20H17N3O2S. The zero-order chi connectivity index (χ0) is 17.9. The SMILES string of the molecule is Cc1ncc2sc(C(=O)CCc3ccc(Oc4ccccc4)cc3)nn12. The van der Waals surface area contributed by atoms with E-state index in [1.165, 1.54) is 11.3 Å². The minimum atomic E-state index is 0.0581. The Kier molecular flexibility index (Phi) is 4.50. The fourth-order valence-corrected chi connectivity index (χ4v) is 3.55. The van der Waals surface area contributed by atoms with Crippen molar-refractivity contribution in [2.45, 2.75) is 19.8 Å². The fourth-order valence-electron chi connectivity index (χ4n) is 2.65. The third-order valence-electron chi connectivity index (χ3n) is 4.05. The van der Waals surface area contributed by atoms with Crippen LogP contribution in [-0.2, 0) is 6.42 Å². The van der Waals surface area contributed by atoms with E-state index in [2.05, 4.69) is 10.1 Å². The van der Waals surface area contributed by atoms with Gasteiger partial charge in [-0.3, -0.25) is 4.79 Å². The van der Waals surface area contributed by atoms with Gasteiger partial charge in [0, 0.05) is 6.42 Å². The average Bonchev–Trinajstić information content (AvgIpc) is 3.24. The molecular weight excluding hydrogens is 346 g/mol. The summed E-state index contributed by atoms with van der Waals surface area (Å²) in [6.45, 7) is 1.88. The van der Waals surface area contributed by atoms with Gasteiger partial charge in [0.25, 0.3) is 0 Å². The largest absolute Gasteiger partial charge is 0.457 e. The maximum atomic E-state index is 12.4. The molecule has 0 saturated carbocycles. The molecule has 5 nitrogen and oxygen atoms in total. The van der Waals surface area contributed by atoms with Crippen molar-refractivity contribution >= 4 is 22.0 Å². The summed E-state index contributed by atoms with van der Waals surface area (Å²) in [6.07, 6.45) is 2.85. The summed E-state index contributed by atoms with van der Waals surface area (Å²) in [4.78, 5) is 17.5. The van der Waals surface area contributed by atoms with Gasteiger partial charge in [-0.05, 0) is 43.2 Å². The topological polar surface area (TPSA) is 56.5 Å². The molecule has 2 heterocycles. The minimum absolute atomic E-state index is 0.0581. The molecule has 2 aromatic carbocycles. The van der Waals surface area contributed by atoms with Crippen LogP contribution >= 0.6 is 11.3 Å². The molecule has 0 aliphatic carbocycles. The van der Waals surface area contributed by atoms with Crippen LogP contribution in [-0.4, -0.2) is 20.4 Å². The number of fused-ring (bicyclic) bond motifs is 1. The van der Waals surface area contributed by atoms with E-state index in [0.29, 0.717) is 17.8 Å². The number of carbonyl (C=O) groups is 1. The standard InChI is InChI=1S/C20H17N3O2S/c1-14-21-13-19-23(14)22-20(26-19)18(24)12-9-15-7-10-17(11-8-15)25-16-5-3-2-4-6-16/h2-8,10-11,13H,9,12H2,1H3. The van der Waals surface area contributed by atoms with Gasteiger partial charge in [-0.15, -0.1) is 0 Å². The Morgan fingerprint density at radius 2 is 1.81 bits per heavy atom. The Morgan fingerprint density at radius 3 is 2.54 bits per heavy atom. The van der Waals surface area contributed by atoms with Gasteiger partial charge in [0.2, 0.25) is 0 Å². The van der Waals surface area contributed by atoms with E-state index < -0.39 is 0 Å². The molecule has 0 N–H and O–H groups in total. The van der Waals surface area contributed by atoms with Gasteiger partial charge in [-0.25, -0.2) is 9.50 Å². The van der Waals surface area contributed by atoms with Crippen molar-refractivity contribution < 1.29 is 9.53 Å². The van der Waals surface area contributed by atoms with E-state index >= 15 is 0 Å². The van der Waals surface area contributed by atoms with Gasteiger partial charge in [-0.2, -0.15) is 5.10 Å². The lowest BCUT2D eigenvalue weighted by atomic mass is 10.1. The summed E-state index contributed by atoms with van der Waals surface area (Å²) in [5.74, 6) is 2.44. The number of ketones is 1. The van der Waals surface area contributed by atoms with Gasteiger partial charge in [-0.1, -0.05) is 41.7 Å². The summed E-state index contributed by atoms with van der Waals surface area (Å²) in [7, 11) is 0. The molecule has 0 amide bonds. The molecule has 130 valence electrons. The number of rotatable bonds is 6. The molecule has 0 saturated heterocycles. The lowest BCUT2D eigenvalue weighted by Crippen LogP contribution is -2.02. The van der Waals surface area contributed by atoms with Crippen LogP contribution in [0.3, 0.4) is 0 Å². The summed E-state index contributed by atoms with van der Waals surface area (Å²) < 4.78 is 7.50. The number of benzene rings is 2. The molecule has 6 heteroatoms. The second-order valence-corrected chi connectivity index (χ2v) is 6.95. The Morgan fingerprint density at radius 1 is 1.08 bits per heavy atom. The molecule has 0 aliphatic rings. The van der Waals surface area contributed by atoms with Crippen molar-refractivity contribution in [3.8, 4) is 11.5 Å². The average molecular weight is 363 g/mol. The zero-order valence-corrected chi connectivity index (χ0v) is 15.1. The highest BCUT2D eigenvalue weighted by Crippen LogP contribution is 2.22. The first-order chi connectivity index (χ1) is 12.7. The number of imidazole rings is 1. The molecule has 26 heavy (non-hydrogen) atoms. The minimum Gasteiger partial charge on any atom is -0.457 e. The summed E-state index contributed by atoms with van der Waals surface area (Å²) in [5.41, 5.74) is 1.10. The van der Waals surface area contributed by atoms with Crippen LogP contribution < -0.4 is 4.74 Å². The van der Waals surface area contributed by atoms with Gasteiger partial charge in [0.05, 0.1) is 6.20 Å². The highest BCUT2D eigenvalue weighted by molar-refractivity contribution is 7.18. The maximum Gasteiger partial charge on any atom is 0.193 e. The monoisotopic (exact) mass is 363 g/mol. The van der Waals surface area contributed by atoms with Crippen LogP contribution in [0.15, 0.2) is 60.8 Å². The van der Waals surface area contributed by atoms with E-state index in [4.69, 9.17) is 4.74 Å². The predicted octanol–water partition coefficient (Wildman–Crippen LogP) is 4.71. The second-order valence-electron chi connectivity index (χ2n) is 5.94. The third-order valence-corrected chi connectivity index (χ3v) is 5.04. The van der Waals surface area contributed by atoms with Crippen LogP contribution in [0.25, 0.3) is 4.83 Å². The normalized spacial score (nSPS) is 11.0.